The van der Waals surface area contributed by atoms with E-state index in [9.17, 15) is 27.6 Å². The molecule has 1 aliphatic rings. The van der Waals surface area contributed by atoms with Gasteiger partial charge in [-0.05, 0) is 49.4 Å². The molecule has 1 aromatic heterocycles. The minimum Gasteiger partial charge on any atom is -0.449 e. The fraction of sp³-hybridized carbons (Fsp3) is 0.190. The van der Waals surface area contributed by atoms with Gasteiger partial charge in [0.1, 0.15) is 19.2 Å². The maximum absolute atomic E-state index is 13.0. The molecule has 0 aliphatic carbocycles. The van der Waals surface area contributed by atoms with Crippen molar-refractivity contribution in [3.05, 3.63) is 66.2 Å². The van der Waals surface area contributed by atoms with E-state index in [4.69, 9.17) is 4.74 Å². The first-order chi connectivity index (χ1) is 15.6. The largest absolute Gasteiger partial charge is 0.449 e. The Balaban J connectivity index is 1.49. The average molecular weight is 459 g/mol. The minimum atomic E-state index is -4.61. The Labute approximate surface area is 184 Å². The number of aromatic nitrogens is 3. The molecule has 2 heterocycles. The van der Waals surface area contributed by atoms with Crippen LogP contribution in [0.3, 0.4) is 0 Å². The highest BCUT2D eigenvalue weighted by atomic mass is 19.4. The van der Waals surface area contributed by atoms with Crippen molar-refractivity contribution in [1.29, 1.82) is 0 Å². The molecule has 0 saturated carbocycles. The van der Waals surface area contributed by atoms with Crippen molar-refractivity contribution in [1.82, 2.24) is 14.8 Å². The van der Waals surface area contributed by atoms with Gasteiger partial charge in [0.15, 0.2) is 6.10 Å². The summed E-state index contributed by atoms with van der Waals surface area (Å²) < 4.78 is 45.7. The second kappa shape index (κ2) is 8.37. The summed E-state index contributed by atoms with van der Waals surface area (Å²) in [6.07, 6.45) is -3.07. The van der Waals surface area contributed by atoms with Crippen LogP contribution < -0.4 is 10.2 Å². The summed E-state index contributed by atoms with van der Waals surface area (Å²) in [5.41, 5.74) is -0.221. The zero-order chi connectivity index (χ0) is 23.8. The van der Waals surface area contributed by atoms with Crippen molar-refractivity contribution >= 4 is 29.2 Å². The predicted octanol–water partition coefficient (Wildman–Crippen LogP) is 2.82. The number of carbonyl (C=O) groups excluding carboxylic acids is 3. The third-order valence-corrected chi connectivity index (χ3v) is 4.87. The van der Waals surface area contributed by atoms with Gasteiger partial charge >= 0.3 is 12.1 Å². The molecule has 0 saturated heterocycles. The summed E-state index contributed by atoms with van der Waals surface area (Å²) in [4.78, 5) is 42.2. The van der Waals surface area contributed by atoms with Gasteiger partial charge in [-0.2, -0.15) is 18.3 Å². The lowest BCUT2D eigenvalue weighted by Gasteiger charge is -2.31. The van der Waals surface area contributed by atoms with Crippen molar-refractivity contribution in [3.8, 4) is 5.69 Å². The predicted molar refractivity (Wildman–Crippen MR) is 109 cm³/mol. The molecular formula is C21H16F3N5O4. The lowest BCUT2D eigenvalue weighted by molar-refractivity contribution is -0.137. The molecule has 2 aromatic carbocycles. The first-order valence-corrected chi connectivity index (χ1v) is 9.62. The molecule has 4 rings (SSSR count). The van der Waals surface area contributed by atoms with E-state index >= 15 is 0 Å². The van der Waals surface area contributed by atoms with Gasteiger partial charge in [-0.1, -0.05) is 0 Å². The van der Waals surface area contributed by atoms with E-state index < -0.39 is 42.2 Å². The number of hydrogen-bond acceptors (Lipinski definition) is 6. The van der Waals surface area contributed by atoms with Crippen molar-refractivity contribution in [2.75, 3.05) is 16.8 Å². The number of alkyl halides is 3. The van der Waals surface area contributed by atoms with Gasteiger partial charge in [0.05, 0.1) is 28.2 Å². The number of carbonyl (C=O) groups is 3. The molecule has 170 valence electrons. The van der Waals surface area contributed by atoms with Crippen LogP contribution in [0.15, 0.2) is 55.1 Å². The highest BCUT2D eigenvalue weighted by Gasteiger charge is 2.35. The van der Waals surface area contributed by atoms with E-state index in [1.54, 1.807) is 12.1 Å². The molecule has 0 spiro atoms. The first-order valence-electron chi connectivity index (χ1n) is 9.62. The number of nitrogens with zero attached hydrogens (tertiary/aromatic N) is 4. The van der Waals surface area contributed by atoms with Gasteiger partial charge in [0.25, 0.3) is 5.91 Å². The van der Waals surface area contributed by atoms with Crippen molar-refractivity contribution in [2.45, 2.75) is 19.2 Å². The second-order valence-corrected chi connectivity index (χ2v) is 7.14. The van der Waals surface area contributed by atoms with E-state index in [2.05, 4.69) is 15.4 Å². The maximum Gasteiger partial charge on any atom is 0.416 e. The summed E-state index contributed by atoms with van der Waals surface area (Å²) in [6.45, 7) is 0.895. The van der Waals surface area contributed by atoms with Crippen LogP contribution in [0.25, 0.3) is 5.69 Å². The first kappa shape index (κ1) is 22.0. The van der Waals surface area contributed by atoms with Gasteiger partial charge in [-0.25, -0.2) is 14.5 Å². The zero-order valence-corrected chi connectivity index (χ0v) is 17.0. The Bertz CT molecular complexity index is 1210. The molecule has 2 amide bonds. The molecule has 9 nitrogen and oxygen atoms in total. The van der Waals surface area contributed by atoms with Gasteiger partial charge in [0.2, 0.25) is 5.91 Å². The molecule has 1 unspecified atom stereocenters. The lowest BCUT2D eigenvalue weighted by atomic mass is 10.1. The van der Waals surface area contributed by atoms with E-state index in [1.165, 1.54) is 36.4 Å². The molecule has 1 N–H and O–H groups in total. The summed E-state index contributed by atoms with van der Waals surface area (Å²) in [5.74, 6) is -2.20. The molecule has 1 atom stereocenters. The highest BCUT2D eigenvalue weighted by molar-refractivity contribution is 6.11. The molecule has 0 fully saturated rings. The zero-order valence-electron chi connectivity index (χ0n) is 17.0. The Kier molecular flexibility index (Phi) is 5.58. The number of amides is 2. The molecular weight excluding hydrogens is 443 g/mol. The number of halogens is 3. The standard InChI is InChI=1S/C21H16F3N5O4/c1-12(33-20(32)13-2-5-15(6-3-13)29-11-25-10-26-29)19(31)28-9-18(30)27-16-8-14(21(22,23)24)4-7-17(16)28/h2-8,10-12H,9H2,1H3,(H,27,30). The Hall–Kier alpha value is -4.22. The third kappa shape index (κ3) is 4.54. The Morgan fingerprint density at radius 1 is 1.15 bits per heavy atom. The molecule has 3 aromatic rings. The van der Waals surface area contributed by atoms with Crippen molar-refractivity contribution in [2.24, 2.45) is 0 Å². The van der Waals surface area contributed by atoms with Crippen LogP contribution >= 0.6 is 0 Å². The van der Waals surface area contributed by atoms with Crippen LogP contribution in [-0.2, 0) is 20.5 Å². The highest BCUT2D eigenvalue weighted by Crippen LogP contribution is 2.37. The van der Waals surface area contributed by atoms with E-state index in [-0.39, 0.29) is 16.9 Å². The van der Waals surface area contributed by atoms with Crippen LogP contribution in [0.4, 0.5) is 24.5 Å². The second-order valence-electron chi connectivity index (χ2n) is 7.14. The number of anilines is 2. The minimum absolute atomic E-state index is 0.0766. The fourth-order valence-corrected chi connectivity index (χ4v) is 3.25. The van der Waals surface area contributed by atoms with Crippen molar-refractivity contribution in [3.63, 3.8) is 0 Å². The summed E-state index contributed by atoms with van der Waals surface area (Å²) in [6, 6.07) is 8.84. The summed E-state index contributed by atoms with van der Waals surface area (Å²) in [7, 11) is 0. The summed E-state index contributed by atoms with van der Waals surface area (Å²) >= 11 is 0. The number of nitrogens with one attached hydrogen (secondary N) is 1. The quantitative estimate of drug-likeness (QED) is 0.602. The molecule has 0 radical (unpaired) electrons. The monoisotopic (exact) mass is 459 g/mol. The van der Waals surface area contributed by atoms with Crippen LogP contribution in [0, 0.1) is 0 Å². The Morgan fingerprint density at radius 2 is 1.88 bits per heavy atom. The van der Waals surface area contributed by atoms with Crippen LogP contribution in [-0.4, -0.2) is 45.2 Å². The average Bonchev–Trinajstić information content (AvgIpc) is 3.32. The van der Waals surface area contributed by atoms with E-state index in [0.717, 1.165) is 23.1 Å². The maximum atomic E-state index is 13.0. The normalized spacial score (nSPS) is 14.3. The van der Waals surface area contributed by atoms with Crippen LogP contribution in [0.1, 0.15) is 22.8 Å². The smallest absolute Gasteiger partial charge is 0.416 e. The van der Waals surface area contributed by atoms with Gasteiger partial charge < -0.3 is 10.1 Å². The number of fused-ring (bicyclic) bond motifs is 1. The van der Waals surface area contributed by atoms with E-state index in [0.29, 0.717) is 5.69 Å². The summed E-state index contributed by atoms with van der Waals surface area (Å²) in [5, 5.41) is 6.30. The molecule has 33 heavy (non-hydrogen) atoms. The molecule has 0 bridgehead atoms. The fourth-order valence-electron chi connectivity index (χ4n) is 3.25. The number of ether oxygens (including phenoxy) is 1. The van der Waals surface area contributed by atoms with Crippen LogP contribution in [0.5, 0.6) is 0 Å². The van der Waals surface area contributed by atoms with Gasteiger partial charge in [0, 0.05) is 0 Å². The SMILES string of the molecule is CC(OC(=O)c1ccc(-n2cncn2)cc1)C(=O)N1CC(=O)Nc2cc(C(F)(F)F)ccc21. The van der Waals surface area contributed by atoms with Gasteiger partial charge in [-0.3, -0.25) is 14.5 Å². The molecule has 1 aliphatic heterocycles. The van der Waals surface area contributed by atoms with Crippen LogP contribution in [0.2, 0.25) is 0 Å². The number of rotatable bonds is 4. The van der Waals surface area contributed by atoms with E-state index in [1.807, 2.05) is 0 Å². The number of hydrogen-bond donors (Lipinski definition) is 1. The van der Waals surface area contributed by atoms with Gasteiger partial charge in [-0.15, -0.1) is 0 Å². The Morgan fingerprint density at radius 3 is 2.52 bits per heavy atom. The van der Waals surface area contributed by atoms with Crippen molar-refractivity contribution < 1.29 is 32.3 Å². The lowest BCUT2D eigenvalue weighted by Crippen LogP contribution is -2.47. The topological polar surface area (TPSA) is 106 Å². The third-order valence-electron chi connectivity index (χ3n) is 4.87. The number of benzene rings is 2. The molecule has 12 heteroatoms. The number of esters is 1.